The van der Waals surface area contributed by atoms with Crippen LogP contribution >= 0.6 is 15.9 Å². The van der Waals surface area contributed by atoms with E-state index in [4.69, 9.17) is 0 Å². The Labute approximate surface area is 117 Å². The molecule has 4 heteroatoms. The van der Waals surface area contributed by atoms with Gasteiger partial charge in [0.25, 0.3) is 0 Å². The quantitative estimate of drug-likeness (QED) is 0.790. The van der Waals surface area contributed by atoms with Gasteiger partial charge in [-0.15, -0.1) is 0 Å². The van der Waals surface area contributed by atoms with Gasteiger partial charge in [0.2, 0.25) is 5.91 Å². The van der Waals surface area contributed by atoms with E-state index in [2.05, 4.69) is 46.5 Å². The molecule has 1 aromatic carbocycles. The van der Waals surface area contributed by atoms with Gasteiger partial charge in [0.1, 0.15) is 0 Å². The van der Waals surface area contributed by atoms with E-state index in [1.54, 1.807) is 0 Å². The Morgan fingerprint density at radius 2 is 2.06 bits per heavy atom. The largest absolute Gasteiger partial charge is 0.375 e. The summed E-state index contributed by atoms with van der Waals surface area (Å²) in [7, 11) is 0. The number of carbonyl (C=O) groups excluding carboxylic acids is 1. The summed E-state index contributed by atoms with van der Waals surface area (Å²) in [6.45, 7) is 7.27. The van der Waals surface area contributed by atoms with Crippen molar-refractivity contribution >= 4 is 27.5 Å². The monoisotopic (exact) mass is 312 g/mol. The number of unbranched alkanes of at least 4 members (excludes halogenated alkanes) is 1. The van der Waals surface area contributed by atoms with E-state index in [1.807, 2.05) is 13.0 Å². The van der Waals surface area contributed by atoms with E-state index in [9.17, 15) is 4.79 Å². The SMILES string of the molecule is CCCCNC(=O)CNc1c(C)cc(C)cc1Br. The average Bonchev–Trinajstić information content (AvgIpc) is 2.27. The van der Waals surface area contributed by atoms with Crippen molar-refractivity contribution in [2.24, 2.45) is 0 Å². The molecule has 0 saturated heterocycles. The van der Waals surface area contributed by atoms with Crippen molar-refractivity contribution < 1.29 is 4.79 Å². The molecular weight excluding hydrogens is 292 g/mol. The van der Waals surface area contributed by atoms with Crippen molar-refractivity contribution in [3.63, 3.8) is 0 Å². The van der Waals surface area contributed by atoms with Gasteiger partial charge < -0.3 is 10.6 Å². The molecular formula is C14H21BrN2O. The van der Waals surface area contributed by atoms with Gasteiger partial charge in [0.15, 0.2) is 0 Å². The summed E-state index contributed by atoms with van der Waals surface area (Å²) in [5.41, 5.74) is 3.34. The fourth-order valence-electron chi connectivity index (χ4n) is 1.78. The molecule has 18 heavy (non-hydrogen) atoms. The number of nitrogens with one attached hydrogen (secondary N) is 2. The molecule has 0 bridgehead atoms. The van der Waals surface area contributed by atoms with Crippen molar-refractivity contribution in [2.75, 3.05) is 18.4 Å². The highest BCUT2D eigenvalue weighted by Gasteiger charge is 2.06. The number of hydrogen-bond donors (Lipinski definition) is 2. The van der Waals surface area contributed by atoms with E-state index in [-0.39, 0.29) is 5.91 Å². The summed E-state index contributed by atoms with van der Waals surface area (Å²) in [4.78, 5) is 11.6. The molecule has 3 nitrogen and oxygen atoms in total. The molecule has 0 radical (unpaired) electrons. The van der Waals surface area contributed by atoms with Crippen molar-refractivity contribution in [3.05, 3.63) is 27.7 Å². The third-order valence-electron chi connectivity index (χ3n) is 2.71. The fourth-order valence-corrected chi connectivity index (χ4v) is 2.59. The summed E-state index contributed by atoms with van der Waals surface area (Å²) in [6, 6.07) is 4.15. The number of carbonyl (C=O) groups is 1. The predicted octanol–water partition coefficient (Wildman–Crippen LogP) is 3.39. The number of benzene rings is 1. The van der Waals surface area contributed by atoms with Crippen molar-refractivity contribution in [2.45, 2.75) is 33.6 Å². The molecule has 1 aromatic rings. The van der Waals surface area contributed by atoms with Crippen LogP contribution in [0, 0.1) is 13.8 Å². The second-order valence-electron chi connectivity index (χ2n) is 4.50. The molecule has 0 aliphatic heterocycles. The van der Waals surface area contributed by atoms with Crippen LogP contribution in [0.3, 0.4) is 0 Å². The van der Waals surface area contributed by atoms with Gasteiger partial charge in [0, 0.05) is 11.0 Å². The van der Waals surface area contributed by atoms with Gasteiger partial charge in [-0.05, 0) is 53.4 Å². The zero-order valence-corrected chi connectivity index (χ0v) is 12.9. The lowest BCUT2D eigenvalue weighted by Crippen LogP contribution is -2.30. The number of aryl methyl sites for hydroxylation is 2. The van der Waals surface area contributed by atoms with Crippen LogP contribution in [-0.4, -0.2) is 19.0 Å². The van der Waals surface area contributed by atoms with E-state index in [0.29, 0.717) is 6.54 Å². The van der Waals surface area contributed by atoms with Crippen LogP contribution < -0.4 is 10.6 Å². The van der Waals surface area contributed by atoms with Crippen molar-refractivity contribution in [3.8, 4) is 0 Å². The molecule has 0 unspecified atom stereocenters. The lowest BCUT2D eigenvalue weighted by atomic mass is 10.1. The minimum absolute atomic E-state index is 0.0373. The second-order valence-corrected chi connectivity index (χ2v) is 5.35. The summed E-state index contributed by atoms with van der Waals surface area (Å²) in [5, 5.41) is 6.06. The molecule has 0 heterocycles. The summed E-state index contributed by atoms with van der Waals surface area (Å²) in [5.74, 6) is 0.0373. The Balaban J connectivity index is 2.51. The Morgan fingerprint density at radius 3 is 2.67 bits per heavy atom. The van der Waals surface area contributed by atoms with Gasteiger partial charge in [-0.2, -0.15) is 0 Å². The van der Waals surface area contributed by atoms with Crippen LogP contribution in [0.5, 0.6) is 0 Å². The molecule has 0 aromatic heterocycles. The highest BCUT2D eigenvalue weighted by Crippen LogP contribution is 2.27. The smallest absolute Gasteiger partial charge is 0.239 e. The molecule has 0 atom stereocenters. The Hall–Kier alpha value is -1.03. The zero-order chi connectivity index (χ0) is 13.5. The van der Waals surface area contributed by atoms with Crippen LogP contribution in [0.2, 0.25) is 0 Å². The predicted molar refractivity (Wildman–Crippen MR) is 80.0 cm³/mol. The minimum Gasteiger partial charge on any atom is -0.375 e. The van der Waals surface area contributed by atoms with E-state index in [1.165, 1.54) is 5.56 Å². The first-order valence-electron chi connectivity index (χ1n) is 6.32. The van der Waals surface area contributed by atoms with E-state index < -0.39 is 0 Å². The number of halogens is 1. The molecule has 1 rings (SSSR count). The molecule has 0 fully saturated rings. The van der Waals surface area contributed by atoms with E-state index >= 15 is 0 Å². The molecule has 0 aliphatic rings. The molecule has 0 aliphatic carbocycles. The first-order valence-corrected chi connectivity index (χ1v) is 7.11. The number of anilines is 1. The molecule has 100 valence electrons. The van der Waals surface area contributed by atoms with Crippen LogP contribution in [-0.2, 0) is 4.79 Å². The molecule has 0 spiro atoms. The minimum atomic E-state index is 0.0373. The lowest BCUT2D eigenvalue weighted by molar-refractivity contribution is -0.119. The maximum Gasteiger partial charge on any atom is 0.239 e. The first-order chi connectivity index (χ1) is 8.54. The van der Waals surface area contributed by atoms with Gasteiger partial charge in [-0.25, -0.2) is 0 Å². The van der Waals surface area contributed by atoms with Gasteiger partial charge in [-0.3, -0.25) is 4.79 Å². The summed E-state index contributed by atoms with van der Waals surface area (Å²) < 4.78 is 1.00. The van der Waals surface area contributed by atoms with Crippen molar-refractivity contribution in [1.29, 1.82) is 0 Å². The second kappa shape index (κ2) is 7.41. The standard InChI is InChI=1S/C14H21BrN2O/c1-4-5-6-16-13(18)9-17-14-11(3)7-10(2)8-12(14)15/h7-8,17H,4-6,9H2,1-3H3,(H,16,18). The third-order valence-corrected chi connectivity index (χ3v) is 3.34. The summed E-state index contributed by atoms with van der Waals surface area (Å²) in [6.07, 6.45) is 2.12. The maximum absolute atomic E-state index is 11.6. The maximum atomic E-state index is 11.6. The molecule has 2 N–H and O–H groups in total. The Morgan fingerprint density at radius 1 is 1.33 bits per heavy atom. The van der Waals surface area contributed by atoms with Gasteiger partial charge in [-0.1, -0.05) is 19.4 Å². The third kappa shape index (κ3) is 4.69. The number of amides is 1. The normalized spacial score (nSPS) is 10.2. The Kier molecular flexibility index (Phi) is 6.19. The molecule has 1 amide bonds. The van der Waals surface area contributed by atoms with Gasteiger partial charge >= 0.3 is 0 Å². The zero-order valence-electron chi connectivity index (χ0n) is 11.3. The summed E-state index contributed by atoms with van der Waals surface area (Å²) >= 11 is 3.52. The van der Waals surface area contributed by atoms with Crippen LogP contribution in [0.4, 0.5) is 5.69 Å². The average molecular weight is 313 g/mol. The van der Waals surface area contributed by atoms with Crippen LogP contribution in [0.15, 0.2) is 16.6 Å². The Bertz CT molecular complexity index is 395. The van der Waals surface area contributed by atoms with Gasteiger partial charge in [0.05, 0.1) is 12.2 Å². The number of rotatable bonds is 6. The number of hydrogen-bond acceptors (Lipinski definition) is 2. The fraction of sp³-hybridized carbons (Fsp3) is 0.500. The van der Waals surface area contributed by atoms with Crippen LogP contribution in [0.25, 0.3) is 0 Å². The van der Waals surface area contributed by atoms with E-state index in [0.717, 1.165) is 35.1 Å². The highest BCUT2D eigenvalue weighted by atomic mass is 79.9. The first kappa shape index (κ1) is 15.0. The lowest BCUT2D eigenvalue weighted by Gasteiger charge is -2.12. The van der Waals surface area contributed by atoms with Crippen molar-refractivity contribution in [1.82, 2.24) is 5.32 Å². The molecule has 0 saturated carbocycles. The van der Waals surface area contributed by atoms with Crippen LogP contribution in [0.1, 0.15) is 30.9 Å². The highest BCUT2D eigenvalue weighted by molar-refractivity contribution is 9.10. The topological polar surface area (TPSA) is 41.1 Å².